The molecule has 1 aliphatic rings. The summed E-state index contributed by atoms with van der Waals surface area (Å²) < 4.78 is 17.8. The number of rotatable bonds is 4. The summed E-state index contributed by atoms with van der Waals surface area (Å²) >= 11 is 0. The molecule has 1 fully saturated rings. The monoisotopic (exact) mass is 200 g/mol. The van der Waals surface area contributed by atoms with E-state index in [1.807, 2.05) is 6.92 Å². The zero-order valence-electron chi connectivity index (χ0n) is 8.97. The van der Waals surface area contributed by atoms with E-state index in [0.717, 1.165) is 6.42 Å². The van der Waals surface area contributed by atoms with Gasteiger partial charge < -0.3 is 4.74 Å². The van der Waals surface area contributed by atoms with Gasteiger partial charge in [-0.05, 0) is 30.3 Å². The van der Waals surface area contributed by atoms with Crippen LogP contribution in [-0.2, 0) is 9.53 Å². The van der Waals surface area contributed by atoms with Gasteiger partial charge in [-0.3, -0.25) is 0 Å². The van der Waals surface area contributed by atoms with Gasteiger partial charge in [0.25, 0.3) is 0 Å². The minimum absolute atomic E-state index is 0.155. The summed E-state index contributed by atoms with van der Waals surface area (Å²) in [6.07, 6.45) is 3.05. The minimum Gasteiger partial charge on any atom is -0.460 e. The first-order valence-corrected chi connectivity index (χ1v) is 5.02. The van der Waals surface area contributed by atoms with Crippen molar-refractivity contribution < 1.29 is 13.9 Å². The Bertz CT molecular complexity index is 256. The van der Waals surface area contributed by atoms with Crippen LogP contribution < -0.4 is 0 Å². The Balaban J connectivity index is 2.41. The molecule has 0 heterocycles. The molecule has 0 radical (unpaired) electrons. The SMILES string of the molecule is CCCOC(=O)C(F)=CC1CC1(C)C. The van der Waals surface area contributed by atoms with Crippen molar-refractivity contribution in [3.8, 4) is 0 Å². The van der Waals surface area contributed by atoms with Crippen LogP contribution in [0.2, 0.25) is 0 Å². The number of hydrogen-bond acceptors (Lipinski definition) is 2. The van der Waals surface area contributed by atoms with Gasteiger partial charge in [-0.1, -0.05) is 20.8 Å². The molecular weight excluding hydrogens is 183 g/mol. The van der Waals surface area contributed by atoms with Gasteiger partial charge in [-0.2, -0.15) is 4.39 Å². The lowest BCUT2D eigenvalue weighted by atomic mass is 10.1. The zero-order chi connectivity index (χ0) is 10.8. The molecule has 0 aromatic heterocycles. The molecule has 0 N–H and O–H groups in total. The van der Waals surface area contributed by atoms with Crippen LogP contribution in [0.25, 0.3) is 0 Å². The third kappa shape index (κ3) is 2.82. The lowest BCUT2D eigenvalue weighted by Crippen LogP contribution is -2.06. The van der Waals surface area contributed by atoms with E-state index in [1.165, 1.54) is 6.08 Å². The van der Waals surface area contributed by atoms with E-state index in [0.29, 0.717) is 6.42 Å². The van der Waals surface area contributed by atoms with Crippen LogP contribution in [0, 0.1) is 11.3 Å². The van der Waals surface area contributed by atoms with E-state index in [-0.39, 0.29) is 17.9 Å². The molecule has 0 bridgehead atoms. The van der Waals surface area contributed by atoms with Gasteiger partial charge in [-0.25, -0.2) is 4.79 Å². The van der Waals surface area contributed by atoms with E-state index in [2.05, 4.69) is 18.6 Å². The first kappa shape index (κ1) is 11.2. The maximum atomic E-state index is 13.1. The summed E-state index contributed by atoms with van der Waals surface area (Å²) in [4.78, 5) is 11.0. The predicted octanol–water partition coefficient (Wildman–Crippen LogP) is 2.84. The molecule has 0 aliphatic heterocycles. The van der Waals surface area contributed by atoms with Crippen molar-refractivity contribution >= 4 is 5.97 Å². The van der Waals surface area contributed by atoms with Crippen LogP contribution >= 0.6 is 0 Å². The normalized spacial score (nSPS) is 24.6. The number of hydrogen-bond donors (Lipinski definition) is 0. The van der Waals surface area contributed by atoms with Crippen LogP contribution in [0.3, 0.4) is 0 Å². The highest BCUT2D eigenvalue weighted by Gasteiger charge is 2.44. The average Bonchev–Trinajstić information content (AvgIpc) is 2.69. The maximum Gasteiger partial charge on any atom is 0.366 e. The van der Waals surface area contributed by atoms with Gasteiger partial charge >= 0.3 is 5.97 Å². The first-order chi connectivity index (χ1) is 6.47. The Morgan fingerprint density at radius 3 is 2.64 bits per heavy atom. The highest BCUT2D eigenvalue weighted by Crippen LogP contribution is 2.52. The fraction of sp³-hybridized carbons (Fsp3) is 0.727. The lowest BCUT2D eigenvalue weighted by Gasteiger charge is -2.01. The summed E-state index contributed by atoms with van der Waals surface area (Å²) in [6.45, 7) is 6.27. The summed E-state index contributed by atoms with van der Waals surface area (Å²) in [6, 6.07) is 0. The van der Waals surface area contributed by atoms with E-state index in [9.17, 15) is 9.18 Å². The molecule has 3 heteroatoms. The molecule has 0 saturated heterocycles. The molecule has 1 saturated carbocycles. The van der Waals surface area contributed by atoms with Crippen LogP contribution in [0.15, 0.2) is 11.9 Å². The topological polar surface area (TPSA) is 26.3 Å². The van der Waals surface area contributed by atoms with Crippen molar-refractivity contribution in [2.75, 3.05) is 6.61 Å². The van der Waals surface area contributed by atoms with E-state index >= 15 is 0 Å². The van der Waals surface area contributed by atoms with Gasteiger partial charge in [0.05, 0.1) is 6.61 Å². The van der Waals surface area contributed by atoms with Gasteiger partial charge in [-0.15, -0.1) is 0 Å². The van der Waals surface area contributed by atoms with Crippen LogP contribution in [0.1, 0.15) is 33.6 Å². The van der Waals surface area contributed by atoms with Gasteiger partial charge in [0.2, 0.25) is 5.83 Å². The molecule has 80 valence electrons. The number of carbonyl (C=O) groups excluding carboxylic acids is 1. The summed E-state index contributed by atoms with van der Waals surface area (Å²) in [7, 11) is 0. The first-order valence-electron chi connectivity index (χ1n) is 5.02. The van der Waals surface area contributed by atoms with Gasteiger partial charge in [0, 0.05) is 0 Å². The fourth-order valence-electron chi connectivity index (χ4n) is 1.30. The Kier molecular flexibility index (Phi) is 3.29. The highest BCUT2D eigenvalue weighted by atomic mass is 19.1. The second-order valence-electron chi connectivity index (χ2n) is 4.45. The van der Waals surface area contributed by atoms with Crippen LogP contribution in [-0.4, -0.2) is 12.6 Å². The van der Waals surface area contributed by atoms with E-state index < -0.39 is 11.8 Å². The Morgan fingerprint density at radius 2 is 2.21 bits per heavy atom. The second-order valence-corrected chi connectivity index (χ2v) is 4.45. The number of carbonyl (C=O) groups is 1. The van der Waals surface area contributed by atoms with Crippen molar-refractivity contribution in [2.24, 2.45) is 11.3 Å². The van der Waals surface area contributed by atoms with Crippen molar-refractivity contribution in [1.82, 2.24) is 0 Å². The minimum atomic E-state index is -0.824. The standard InChI is InChI=1S/C11H17FO2/c1-4-5-14-10(13)9(12)6-8-7-11(8,2)3/h6,8H,4-5,7H2,1-3H3. The van der Waals surface area contributed by atoms with Gasteiger partial charge in [0.1, 0.15) is 0 Å². The van der Waals surface area contributed by atoms with E-state index in [1.54, 1.807) is 0 Å². The molecule has 1 aliphatic carbocycles. The predicted molar refractivity (Wildman–Crippen MR) is 52.3 cm³/mol. The average molecular weight is 200 g/mol. The molecule has 14 heavy (non-hydrogen) atoms. The number of ether oxygens (including phenoxy) is 1. The van der Waals surface area contributed by atoms with Crippen LogP contribution in [0.5, 0.6) is 0 Å². The maximum absolute atomic E-state index is 13.1. The fourth-order valence-corrected chi connectivity index (χ4v) is 1.30. The van der Waals surface area contributed by atoms with Crippen molar-refractivity contribution in [3.63, 3.8) is 0 Å². The molecule has 0 amide bonds. The quantitative estimate of drug-likeness (QED) is 0.515. The Hall–Kier alpha value is -0.860. The van der Waals surface area contributed by atoms with Crippen molar-refractivity contribution in [1.29, 1.82) is 0 Å². The molecule has 0 spiro atoms. The highest BCUT2D eigenvalue weighted by molar-refractivity contribution is 5.86. The molecule has 1 unspecified atom stereocenters. The molecule has 2 nitrogen and oxygen atoms in total. The Labute approximate surface area is 84.1 Å². The molecule has 0 aromatic rings. The summed E-state index contributed by atoms with van der Waals surface area (Å²) in [5.74, 6) is -1.37. The summed E-state index contributed by atoms with van der Waals surface area (Å²) in [5, 5.41) is 0. The van der Waals surface area contributed by atoms with Crippen molar-refractivity contribution in [2.45, 2.75) is 33.6 Å². The molecule has 1 atom stereocenters. The van der Waals surface area contributed by atoms with Gasteiger partial charge in [0.15, 0.2) is 0 Å². The largest absolute Gasteiger partial charge is 0.460 e. The molecule has 0 aromatic carbocycles. The molecule has 1 rings (SSSR count). The molecular formula is C11H17FO2. The number of allylic oxidation sites excluding steroid dienone is 1. The third-order valence-corrected chi connectivity index (χ3v) is 2.57. The third-order valence-electron chi connectivity index (χ3n) is 2.57. The summed E-state index contributed by atoms with van der Waals surface area (Å²) in [5.41, 5.74) is 0.155. The van der Waals surface area contributed by atoms with Crippen LogP contribution in [0.4, 0.5) is 4.39 Å². The smallest absolute Gasteiger partial charge is 0.366 e. The second kappa shape index (κ2) is 4.11. The lowest BCUT2D eigenvalue weighted by molar-refractivity contribution is -0.140. The Morgan fingerprint density at radius 1 is 1.64 bits per heavy atom. The van der Waals surface area contributed by atoms with E-state index in [4.69, 9.17) is 0 Å². The number of esters is 1. The van der Waals surface area contributed by atoms with Crippen molar-refractivity contribution in [3.05, 3.63) is 11.9 Å². The zero-order valence-corrected chi connectivity index (χ0v) is 8.97. The number of halogens is 1.